The molecule has 0 aliphatic carbocycles. The lowest BCUT2D eigenvalue weighted by Gasteiger charge is -2.51. The summed E-state index contributed by atoms with van der Waals surface area (Å²) in [6, 6.07) is 18.9. The summed E-state index contributed by atoms with van der Waals surface area (Å²) >= 11 is 0. The van der Waals surface area contributed by atoms with Gasteiger partial charge in [-0.15, -0.1) is 0 Å². The molecular formula is C23H26N2O2. The Balaban J connectivity index is 1.49. The van der Waals surface area contributed by atoms with Gasteiger partial charge in [-0.25, -0.2) is 0 Å². The van der Waals surface area contributed by atoms with E-state index < -0.39 is 0 Å². The van der Waals surface area contributed by atoms with Crippen LogP contribution in [0, 0.1) is 5.92 Å². The van der Waals surface area contributed by atoms with E-state index in [0.29, 0.717) is 23.9 Å². The second-order valence-electron chi connectivity index (χ2n) is 8.18. The summed E-state index contributed by atoms with van der Waals surface area (Å²) in [6.07, 6.45) is 2.41. The van der Waals surface area contributed by atoms with Crippen molar-refractivity contribution in [3.05, 3.63) is 71.3 Å². The Bertz CT molecular complexity index is 812. The molecule has 0 unspecified atom stereocenters. The van der Waals surface area contributed by atoms with E-state index in [4.69, 9.17) is 0 Å². The number of likely N-dealkylation sites (tertiary alicyclic amines) is 1. The molecule has 140 valence electrons. The van der Waals surface area contributed by atoms with Crippen molar-refractivity contribution in [2.24, 2.45) is 5.92 Å². The van der Waals surface area contributed by atoms with E-state index in [0.717, 1.165) is 17.7 Å². The number of fused-ring (bicyclic) bond motifs is 2. The van der Waals surface area contributed by atoms with Crippen LogP contribution >= 0.6 is 0 Å². The number of rotatable bonds is 3. The third kappa shape index (κ3) is 2.79. The third-order valence-corrected chi connectivity index (χ3v) is 6.87. The molecule has 0 aromatic heterocycles. The molecule has 4 heterocycles. The predicted octanol–water partition coefficient (Wildman–Crippen LogP) is 2.88. The highest BCUT2D eigenvalue weighted by atomic mass is 16.3. The molecule has 4 saturated heterocycles. The Labute approximate surface area is 160 Å². The van der Waals surface area contributed by atoms with Crippen molar-refractivity contribution < 1.29 is 9.90 Å². The Morgan fingerprint density at radius 2 is 1.67 bits per heavy atom. The minimum atomic E-state index is 0.00992. The highest BCUT2D eigenvalue weighted by molar-refractivity contribution is 5.95. The van der Waals surface area contributed by atoms with Gasteiger partial charge in [0.25, 0.3) is 5.91 Å². The number of amides is 1. The average molecular weight is 362 g/mol. The van der Waals surface area contributed by atoms with Crippen LogP contribution in [0.25, 0.3) is 0 Å². The van der Waals surface area contributed by atoms with E-state index in [1.165, 1.54) is 31.5 Å². The maximum absolute atomic E-state index is 13.4. The lowest BCUT2D eigenvalue weighted by molar-refractivity contribution is -0.00340. The Hall–Kier alpha value is -2.17. The van der Waals surface area contributed by atoms with Crippen LogP contribution in [0.3, 0.4) is 0 Å². The van der Waals surface area contributed by atoms with Gasteiger partial charge in [0.05, 0.1) is 12.6 Å². The minimum Gasteiger partial charge on any atom is -0.392 e. The van der Waals surface area contributed by atoms with Gasteiger partial charge in [-0.05, 0) is 55.1 Å². The maximum atomic E-state index is 13.4. The number of hydrogen-bond donors (Lipinski definition) is 1. The zero-order valence-electron chi connectivity index (χ0n) is 15.5. The van der Waals surface area contributed by atoms with Crippen LogP contribution in [0.1, 0.15) is 40.2 Å². The summed E-state index contributed by atoms with van der Waals surface area (Å²) in [7, 11) is 0. The SMILES string of the molecule is O=C(c1ccc(CO)cc1)N1C[C@H](c2ccccc2)[C@H]2[C@@H]1C1CCN2CC1. The predicted molar refractivity (Wildman–Crippen MR) is 104 cm³/mol. The van der Waals surface area contributed by atoms with Gasteiger partial charge < -0.3 is 10.0 Å². The highest BCUT2D eigenvalue weighted by Crippen LogP contribution is 2.46. The molecule has 2 aromatic rings. The van der Waals surface area contributed by atoms with Gasteiger partial charge in [0.15, 0.2) is 0 Å². The molecule has 2 aromatic carbocycles. The quantitative estimate of drug-likeness (QED) is 0.913. The Morgan fingerprint density at radius 1 is 0.963 bits per heavy atom. The van der Waals surface area contributed by atoms with Crippen molar-refractivity contribution >= 4 is 5.91 Å². The van der Waals surface area contributed by atoms with Crippen LogP contribution in [0.5, 0.6) is 0 Å². The van der Waals surface area contributed by atoms with E-state index in [-0.39, 0.29) is 12.5 Å². The molecule has 3 atom stereocenters. The first-order valence-corrected chi connectivity index (χ1v) is 10.1. The van der Waals surface area contributed by atoms with Gasteiger partial charge in [-0.3, -0.25) is 9.69 Å². The smallest absolute Gasteiger partial charge is 0.254 e. The summed E-state index contributed by atoms with van der Waals surface area (Å²) in [5, 5.41) is 9.26. The highest BCUT2D eigenvalue weighted by Gasteiger charge is 2.54. The normalized spacial score (nSPS) is 31.7. The topological polar surface area (TPSA) is 43.8 Å². The number of carbonyl (C=O) groups is 1. The van der Waals surface area contributed by atoms with Crippen LogP contribution in [0.4, 0.5) is 0 Å². The average Bonchev–Trinajstić information content (AvgIpc) is 3.18. The third-order valence-electron chi connectivity index (χ3n) is 6.87. The molecule has 6 rings (SSSR count). The minimum absolute atomic E-state index is 0.00992. The van der Waals surface area contributed by atoms with Crippen molar-refractivity contribution in [1.82, 2.24) is 9.80 Å². The molecule has 4 aliphatic heterocycles. The van der Waals surface area contributed by atoms with Crippen LogP contribution < -0.4 is 0 Å². The maximum Gasteiger partial charge on any atom is 0.254 e. The van der Waals surface area contributed by atoms with E-state index in [9.17, 15) is 9.90 Å². The zero-order valence-corrected chi connectivity index (χ0v) is 15.5. The van der Waals surface area contributed by atoms with Gasteiger partial charge in [-0.1, -0.05) is 42.5 Å². The Morgan fingerprint density at radius 3 is 2.33 bits per heavy atom. The van der Waals surface area contributed by atoms with E-state index >= 15 is 0 Å². The molecular weight excluding hydrogens is 336 g/mol. The molecule has 27 heavy (non-hydrogen) atoms. The molecule has 2 bridgehead atoms. The number of piperidine rings is 3. The lowest BCUT2D eigenvalue weighted by atomic mass is 9.75. The largest absolute Gasteiger partial charge is 0.392 e. The number of nitrogens with zero attached hydrogens (tertiary/aromatic N) is 2. The van der Waals surface area contributed by atoms with Crippen molar-refractivity contribution in [3.63, 3.8) is 0 Å². The van der Waals surface area contributed by atoms with Gasteiger partial charge in [-0.2, -0.15) is 0 Å². The molecule has 1 amide bonds. The van der Waals surface area contributed by atoms with Gasteiger partial charge in [0.1, 0.15) is 0 Å². The van der Waals surface area contributed by atoms with Crippen LogP contribution in [0.15, 0.2) is 54.6 Å². The van der Waals surface area contributed by atoms with Crippen molar-refractivity contribution in [1.29, 1.82) is 0 Å². The van der Waals surface area contributed by atoms with Crippen LogP contribution in [0.2, 0.25) is 0 Å². The lowest BCUT2D eigenvalue weighted by Crippen LogP contribution is -2.60. The molecule has 1 N–H and O–H groups in total. The van der Waals surface area contributed by atoms with Crippen molar-refractivity contribution in [2.45, 2.75) is 37.5 Å². The first kappa shape index (κ1) is 17.0. The number of carbonyl (C=O) groups excluding carboxylic acids is 1. The number of hydrogen-bond acceptors (Lipinski definition) is 3. The fourth-order valence-corrected chi connectivity index (χ4v) is 5.57. The molecule has 0 radical (unpaired) electrons. The molecule has 0 spiro atoms. The first-order valence-electron chi connectivity index (χ1n) is 10.1. The van der Waals surface area contributed by atoms with E-state index in [2.05, 4.69) is 40.1 Å². The second kappa shape index (κ2) is 6.77. The van der Waals surface area contributed by atoms with Gasteiger partial charge in [0.2, 0.25) is 0 Å². The summed E-state index contributed by atoms with van der Waals surface area (Å²) in [5.74, 6) is 1.15. The summed E-state index contributed by atoms with van der Waals surface area (Å²) in [4.78, 5) is 18.2. The van der Waals surface area contributed by atoms with E-state index in [1.54, 1.807) is 0 Å². The monoisotopic (exact) mass is 362 g/mol. The number of aliphatic hydroxyl groups is 1. The van der Waals surface area contributed by atoms with Crippen LogP contribution in [-0.2, 0) is 6.61 Å². The number of aliphatic hydroxyl groups excluding tert-OH is 1. The molecule has 0 saturated carbocycles. The summed E-state index contributed by atoms with van der Waals surface area (Å²) in [5.41, 5.74) is 2.93. The number of benzene rings is 2. The van der Waals surface area contributed by atoms with Crippen molar-refractivity contribution in [3.8, 4) is 0 Å². The van der Waals surface area contributed by atoms with Gasteiger partial charge in [0, 0.05) is 24.1 Å². The molecule has 4 aliphatic rings. The van der Waals surface area contributed by atoms with Gasteiger partial charge >= 0.3 is 0 Å². The first-order chi connectivity index (χ1) is 13.3. The molecule has 4 heteroatoms. The Kier molecular flexibility index (Phi) is 4.25. The second-order valence-corrected chi connectivity index (χ2v) is 8.18. The van der Waals surface area contributed by atoms with E-state index in [1.807, 2.05) is 24.3 Å². The fourth-order valence-electron chi connectivity index (χ4n) is 5.57. The fraction of sp³-hybridized carbons (Fsp3) is 0.435. The summed E-state index contributed by atoms with van der Waals surface area (Å²) in [6.45, 7) is 3.15. The van der Waals surface area contributed by atoms with Crippen molar-refractivity contribution in [2.75, 3.05) is 19.6 Å². The van der Waals surface area contributed by atoms with Crippen LogP contribution in [-0.4, -0.2) is 52.5 Å². The molecule has 4 nitrogen and oxygen atoms in total. The summed E-state index contributed by atoms with van der Waals surface area (Å²) < 4.78 is 0. The standard InChI is InChI=1S/C23H26N2O2/c26-15-16-6-8-19(9-7-16)23(27)25-14-20(17-4-2-1-3-5-17)22-21(25)18-10-12-24(22)13-11-18/h1-9,18,20-22,26H,10-15H2/t20-,21+,22+/m1/s1. The molecule has 4 fully saturated rings. The zero-order chi connectivity index (χ0) is 18.4.